The molecule has 0 saturated heterocycles. The van der Waals surface area contributed by atoms with Crippen LogP contribution >= 0.6 is 0 Å². The highest BCUT2D eigenvalue weighted by atomic mass is 19.4. The molecule has 0 fully saturated rings. The number of imidazole rings is 2. The number of nitrogens with zero attached hydrogens (tertiary/aromatic N) is 6. The van der Waals surface area contributed by atoms with Crippen LogP contribution in [-0.4, -0.2) is 52.6 Å². The molecule has 4 aromatic heterocycles. The zero-order valence-electron chi connectivity index (χ0n) is 14.3. The number of rotatable bonds is 6. The highest BCUT2D eigenvalue weighted by Crippen LogP contribution is 2.32. The Morgan fingerprint density at radius 1 is 1.17 bits per heavy atom. The second kappa shape index (κ2) is 7.20. The molecule has 0 saturated carbocycles. The Morgan fingerprint density at radius 2 is 2.00 bits per heavy atom. The molecule has 4 heterocycles. The Morgan fingerprint density at radius 3 is 2.66 bits per heavy atom. The summed E-state index contributed by atoms with van der Waals surface area (Å²) < 4.78 is 69.5. The van der Waals surface area contributed by atoms with Crippen LogP contribution in [0.3, 0.4) is 0 Å². The largest absolute Gasteiger partial charge is 0.451 e. The van der Waals surface area contributed by atoms with Gasteiger partial charge in [0, 0.05) is 18.0 Å². The molecule has 0 aromatic carbocycles. The predicted molar refractivity (Wildman–Crippen MR) is 86.6 cm³/mol. The summed E-state index contributed by atoms with van der Waals surface area (Å²) in [5.74, 6) is -1.42. The molecule has 2 N–H and O–H groups in total. The maximum atomic E-state index is 12.9. The second-order valence-electron chi connectivity index (χ2n) is 5.82. The first-order valence-electron chi connectivity index (χ1n) is 8.04. The van der Waals surface area contributed by atoms with Crippen LogP contribution in [-0.2, 0) is 17.5 Å². The molecule has 0 aliphatic carbocycles. The van der Waals surface area contributed by atoms with Gasteiger partial charge in [-0.25, -0.2) is 28.7 Å². The molecule has 0 unspecified atom stereocenters. The van der Waals surface area contributed by atoms with Crippen LogP contribution in [0.15, 0.2) is 24.9 Å². The molecule has 0 atom stereocenters. The van der Waals surface area contributed by atoms with Gasteiger partial charge in [0.25, 0.3) is 6.43 Å². The van der Waals surface area contributed by atoms with Crippen molar-refractivity contribution in [3.8, 4) is 22.9 Å². The van der Waals surface area contributed by atoms with E-state index in [1.165, 1.54) is 29.3 Å². The van der Waals surface area contributed by atoms with Crippen molar-refractivity contribution in [1.29, 1.82) is 0 Å². The zero-order valence-corrected chi connectivity index (χ0v) is 14.3. The third-order valence-electron chi connectivity index (χ3n) is 3.76. The van der Waals surface area contributed by atoms with Gasteiger partial charge in [0.2, 0.25) is 17.4 Å². The van der Waals surface area contributed by atoms with E-state index in [0.717, 1.165) is 0 Å². The fourth-order valence-corrected chi connectivity index (χ4v) is 2.61. The van der Waals surface area contributed by atoms with E-state index in [4.69, 9.17) is 4.74 Å². The Kier molecular flexibility index (Phi) is 4.70. The topological polar surface area (TPSA) is 110 Å². The molecule has 0 radical (unpaired) electrons. The standard InChI is InChI=1S/C15H11F5N8O/c16-9(17)5-29-4-7-1-22-14-24-10(12-25-13(27-26-12)15(18,19)20)11(28(14)3-7)8-2-21-6-23-8/h1-3,6,9H,4-5H2,(H,21,23)(H,25,26,27). The number of halogens is 5. The summed E-state index contributed by atoms with van der Waals surface area (Å²) >= 11 is 0. The molecule has 0 spiro atoms. The van der Waals surface area contributed by atoms with Gasteiger partial charge in [-0.2, -0.15) is 18.3 Å². The van der Waals surface area contributed by atoms with Gasteiger partial charge < -0.3 is 9.72 Å². The minimum Gasteiger partial charge on any atom is -0.371 e. The number of aromatic nitrogens is 8. The lowest BCUT2D eigenvalue weighted by molar-refractivity contribution is -0.144. The first kappa shape index (κ1) is 18.9. The Bertz CT molecular complexity index is 1120. The van der Waals surface area contributed by atoms with E-state index >= 15 is 0 Å². The van der Waals surface area contributed by atoms with Gasteiger partial charge in [-0.1, -0.05) is 0 Å². The van der Waals surface area contributed by atoms with E-state index < -0.39 is 25.0 Å². The zero-order chi connectivity index (χ0) is 20.6. The third kappa shape index (κ3) is 3.78. The predicted octanol–water partition coefficient (Wildman–Crippen LogP) is 2.71. The van der Waals surface area contributed by atoms with Gasteiger partial charge in [-0.05, 0) is 0 Å². The average molecular weight is 414 g/mol. The van der Waals surface area contributed by atoms with Crippen LogP contribution in [0, 0.1) is 0 Å². The van der Waals surface area contributed by atoms with Gasteiger partial charge in [-0.15, -0.1) is 0 Å². The van der Waals surface area contributed by atoms with E-state index in [-0.39, 0.29) is 23.9 Å². The maximum absolute atomic E-state index is 12.9. The summed E-state index contributed by atoms with van der Waals surface area (Å²) in [6.07, 6.45) is -1.61. The fraction of sp³-hybridized carbons (Fsp3) is 0.267. The lowest BCUT2D eigenvalue weighted by Gasteiger charge is -2.05. The van der Waals surface area contributed by atoms with Crippen molar-refractivity contribution >= 4 is 5.78 Å². The van der Waals surface area contributed by atoms with E-state index in [0.29, 0.717) is 17.0 Å². The normalized spacial score (nSPS) is 12.3. The highest BCUT2D eigenvalue weighted by molar-refractivity contribution is 5.76. The Balaban J connectivity index is 1.80. The number of aromatic amines is 2. The summed E-state index contributed by atoms with van der Waals surface area (Å²) in [5.41, 5.74) is 1.19. The number of nitrogens with one attached hydrogen (secondary N) is 2. The number of ether oxygens (including phenoxy) is 1. The van der Waals surface area contributed by atoms with Crippen LogP contribution in [0.25, 0.3) is 28.7 Å². The first-order chi connectivity index (χ1) is 13.8. The minimum atomic E-state index is -4.70. The quantitative estimate of drug-likeness (QED) is 0.470. The van der Waals surface area contributed by atoms with E-state index in [1.807, 2.05) is 5.10 Å². The van der Waals surface area contributed by atoms with Crippen molar-refractivity contribution in [2.45, 2.75) is 19.2 Å². The second-order valence-corrected chi connectivity index (χ2v) is 5.82. The smallest absolute Gasteiger partial charge is 0.371 e. The summed E-state index contributed by atoms with van der Waals surface area (Å²) in [7, 11) is 0. The van der Waals surface area contributed by atoms with Crippen LogP contribution in [0.4, 0.5) is 22.0 Å². The molecule has 14 heteroatoms. The summed E-state index contributed by atoms with van der Waals surface area (Å²) in [6, 6.07) is 0. The van der Waals surface area contributed by atoms with Crippen molar-refractivity contribution in [3.05, 3.63) is 36.3 Å². The van der Waals surface area contributed by atoms with Gasteiger partial charge in [0.05, 0.1) is 24.8 Å². The van der Waals surface area contributed by atoms with Crippen molar-refractivity contribution in [3.63, 3.8) is 0 Å². The number of hydrogen-bond acceptors (Lipinski definition) is 6. The molecular formula is C15H11F5N8O. The van der Waals surface area contributed by atoms with E-state index in [1.54, 1.807) is 0 Å². The Hall–Kier alpha value is -3.42. The van der Waals surface area contributed by atoms with Crippen LogP contribution < -0.4 is 0 Å². The van der Waals surface area contributed by atoms with E-state index in [2.05, 4.69) is 30.0 Å². The summed E-state index contributed by atoms with van der Waals surface area (Å²) in [5, 5.41) is 5.45. The molecule has 0 aliphatic heterocycles. The number of H-pyrrole nitrogens is 2. The molecule has 4 rings (SSSR count). The van der Waals surface area contributed by atoms with Crippen molar-refractivity contribution in [2.75, 3.05) is 6.61 Å². The monoisotopic (exact) mass is 414 g/mol. The highest BCUT2D eigenvalue weighted by Gasteiger charge is 2.36. The summed E-state index contributed by atoms with van der Waals surface area (Å²) in [4.78, 5) is 18.5. The van der Waals surface area contributed by atoms with E-state index in [9.17, 15) is 22.0 Å². The van der Waals surface area contributed by atoms with Gasteiger partial charge in [0.1, 0.15) is 18.0 Å². The minimum absolute atomic E-state index is 0.0270. The molecule has 4 aromatic rings. The molecule has 0 aliphatic rings. The van der Waals surface area contributed by atoms with Gasteiger partial charge in [0.15, 0.2) is 0 Å². The van der Waals surface area contributed by atoms with Crippen LogP contribution in [0.5, 0.6) is 0 Å². The number of fused-ring (bicyclic) bond motifs is 1. The SMILES string of the molecule is FC(F)COCc1cnc2nc(-c3n[nH]c(C(F)(F)F)n3)c(-c3cnc[nH]3)n2c1. The molecule has 0 amide bonds. The van der Waals surface area contributed by atoms with Crippen LogP contribution in [0.1, 0.15) is 11.4 Å². The van der Waals surface area contributed by atoms with Gasteiger partial charge >= 0.3 is 6.18 Å². The molecule has 9 nitrogen and oxygen atoms in total. The number of alkyl halides is 5. The molecule has 152 valence electrons. The van der Waals surface area contributed by atoms with Crippen molar-refractivity contribution in [2.24, 2.45) is 0 Å². The number of hydrogen-bond donors (Lipinski definition) is 2. The first-order valence-corrected chi connectivity index (χ1v) is 8.04. The molecular weight excluding hydrogens is 403 g/mol. The van der Waals surface area contributed by atoms with Crippen molar-refractivity contribution in [1.82, 2.24) is 39.5 Å². The lowest BCUT2D eigenvalue weighted by Crippen LogP contribution is -2.07. The molecule has 29 heavy (non-hydrogen) atoms. The van der Waals surface area contributed by atoms with Gasteiger partial charge in [-0.3, -0.25) is 9.50 Å². The molecule has 0 bridgehead atoms. The summed E-state index contributed by atoms with van der Waals surface area (Å²) in [6.45, 7) is -0.875. The third-order valence-corrected chi connectivity index (χ3v) is 3.76. The van der Waals surface area contributed by atoms with Crippen molar-refractivity contribution < 1.29 is 26.7 Å². The average Bonchev–Trinajstić information content (AvgIpc) is 3.38. The van der Waals surface area contributed by atoms with Crippen LogP contribution in [0.2, 0.25) is 0 Å². The lowest BCUT2D eigenvalue weighted by atomic mass is 10.2. The fourth-order valence-electron chi connectivity index (χ4n) is 2.61. The maximum Gasteiger partial charge on any atom is 0.451 e. The Labute approximate surface area is 158 Å².